The Labute approximate surface area is 116 Å². The van der Waals surface area contributed by atoms with Crippen LogP contribution in [0.1, 0.15) is 24.6 Å². The number of fused-ring (bicyclic) bond motifs is 1. The first-order chi connectivity index (χ1) is 9.70. The lowest BCUT2D eigenvalue weighted by Gasteiger charge is -2.00. The first-order valence-corrected chi connectivity index (χ1v) is 6.72. The Morgan fingerprint density at radius 3 is 2.95 bits per heavy atom. The van der Waals surface area contributed by atoms with Gasteiger partial charge in [0, 0.05) is 5.56 Å². The van der Waals surface area contributed by atoms with Gasteiger partial charge in [0.25, 0.3) is 0 Å². The number of aryl methyl sites for hydroxylation is 2. The summed E-state index contributed by atoms with van der Waals surface area (Å²) in [6.07, 6.45) is 3.48. The first kappa shape index (κ1) is 12.6. The van der Waals surface area contributed by atoms with Crippen LogP contribution in [-0.2, 0) is 6.42 Å². The van der Waals surface area contributed by atoms with Gasteiger partial charge in [0.05, 0.1) is 17.4 Å². The summed E-state index contributed by atoms with van der Waals surface area (Å²) in [5, 5.41) is 6.35. The summed E-state index contributed by atoms with van der Waals surface area (Å²) in [4.78, 5) is 16.7. The second-order valence-electron chi connectivity index (χ2n) is 4.90. The van der Waals surface area contributed by atoms with E-state index in [1.54, 1.807) is 10.6 Å². The summed E-state index contributed by atoms with van der Waals surface area (Å²) in [7, 11) is 0. The Morgan fingerprint density at radius 2 is 2.20 bits per heavy atom. The molecular weight excluding hydrogens is 252 g/mol. The second kappa shape index (κ2) is 4.92. The first-order valence-electron chi connectivity index (χ1n) is 6.72. The molecule has 0 saturated carbocycles. The number of aromatic nitrogens is 4. The standard InChI is InChI=1S/C15H16N4O/c1-3-5-12-13-9-16-18-15(20)19(13)14(17-12)11-7-4-6-10(2)8-11/h4,6-9H,3,5H2,1-2H3,(H,18,20). The molecule has 20 heavy (non-hydrogen) atoms. The lowest BCUT2D eigenvalue weighted by atomic mass is 10.1. The lowest BCUT2D eigenvalue weighted by molar-refractivity contribution is 0.881. The minimum absolute atomic E-state index is 0.256. The van der Waals surface area contributed by atoms with Crippen molar-refractivity contribution in [3.63, 3.8) is 0 Å². The normalized spacial score (nSPS) is 11.1. The number of benzene rings is 1. The molecule has 0 aliphatic rings. The van der Waals surface area contributed by atoms with E-state index in [2.05, 4.69) is 22.1 Å². The van der Waals surface area contributed by atoms with Crippen molar-refractivity contribution in [1.82, 2.24) is 19.6 Å². The van der Waals surface area contributed by atoms with Crippen molar-refractivity contribution in [3.8, 4) is 11.4 Å². The topological polar surface area (TPSA) is 63.1 Å². The maximum absolute atomic E-state index is 12.1. The predicted molar refractivity (Wildman–Crippen MR) is 77.8 cm³/mol. The molecule has 3 aromatic rings. The third-order valence-electron chi connectivity index (χ3n) is 3.30. The van der Waals surface area contributed by atoms with Crippen LogP contribution >= 0.6 is 0 Å². The molecular formula is C15H16N4O. The van der Waals surface area contributed by atoms with Crippen molar-refractivity contribution < 1.29 is 0 Å². The molecule has 0 radical (unpaired) electrons. The molecule has 5 nitrogen and oxygen atoms in total. The fraction of sp³-hybridized carbons (Fsp3) is 0.267. The Hall–Kier alpha value is -2.43. The van der Waals surface area contributed by atoms with Crippen molar-refractivity contribution in [2.75, 3.05) is 0 Å². The molecule has 5 heteroatoms. The van der Waals surface area contributed by atoms with E-state index in [0.29, 0.717) is 5.82 Å². The summed E-state index contributed by atoms with van der Waals surface area (Å²) < 4.78 is 1.60. The van der Waals surface area contributed by atoms with Crippen molar-refractivity contribution in [2.45, 2.75) is 26.7 Å². The lowest BCUT2D eigenvalue weighted by Crippen LogP contribution is -2.18. The van der Waals surface area contributed by atoms with Crippen LogP contribution in [0.4, 0.5) is 0 Å². The average molecular weight is 268 g/mol. The Balaban J connectivity index is 2.33. The van der Waals surface area contributed by atoms with Gasteiger partial charge in [-0.15, -0.1) is 0 Å². The molecule has 0 spiro atoms. The van der Waals surface area contributed by atoms with E-state index < -0.39 is 0 Å². The van der Waals surface area contributed by atoms with E-state index in [9.17, 15) is 4.79 Å². The molecule has 0 bridgehead atoms. The molecule has 0 saturated heterocycles. The summed E-state index contributed by atoms with van der Waals surface area (Å²) in [6.45, 7) is 4.12. The van der Waals surface area contributed by atoms with Gasteiger partial charge in [0.15, 0.2) is 0 Å². The summed E-state index contributed by atoms with van der Waals surface area (Å²) in [5.41, 5.74) is 3.53. The third-order valence-corrected chi connectivity index (χ3v) is 3.30. The SMILES string of the molecule is CCCc1nc(-c2cccc(C)c2)n2c(=O)[nH]ncc12. The zero-order valence-corrected chi connectivity index (χ0v) is 11.6. The third kappa shape index (κ3) is 2.01. The van der Waals surface area contributed by atoms with Crippen molar-refractivity contribution >= 4 is 5.52 Å². The van der Waals surface area contributed by atoms with Crippen molar-refractivity contribution in [1.29, 1.82) is 0 Å². The highest BCUT2D eigenvalue weighted by atomic mass is 16.1. The van der Waals surface area contributed by atoms with Crippen LogP contribution in [0.3, 0.4) is 0 Å². The summed E-state index contributed by atoms with van der Waals surface area (Å²) >= 11 is 0. The Kier molecular flexibility index (Phi) is 3.10. The van der Waals surface area contributed by atoms with E-state index in [1.807, 2.05) is 31.2 Å². The molecule has 0 aliphatic carbocycles. The molecule has 0 unspecified atom stereocenters. The molecule has 0 atom stereocenters. The zero-order chi connectivity index (χ0) is 14.1. The van der Waals surface area contributed by atoms with E-state index in [-0.39, 0.29) is 5.69 Å². The number of rotatable bonds is 3. The summed E-state index contributed by atoms with van der Waals surface area (Å²) in [5.74, 6) is 0.677. The maximum Gasteiger partial charge on any atom is 0.348 e. The molecule has 3 rings (SSSR count). The van der Waals surface area contributed by atoms with Crippen LogP contribution in [0.2, 0.25) is 0 Å². The molecule has 2 aromatic heterocycles. The molecule has 1 aromatic carbocycles. The zero-order valence-electron chi connectivity index (χ0n) is 11.6. The van der Waals surface area contributed by atoms with Crippen LogP contribution < -0.4 is 5.69 Å². The Bertz CT molecular complexity index is 816. The van der Waals surface area contributed by atoms with Crippen LogP contribution in [0.25, 0.3) is 16.9 Å². The van der Waals surface area contributed by atoms with Crippen molar-refractivity contribution in [3.05, 3.63) is 52.2 Å². The van der Waals surface area contributed by atoms with Crippen LogP contribution in [0, 0.1) is 6.92 Å². The largest absolute Gasteiger partial charge is 0.348 e. The maximum atomic E-state index is 12.1. The van der Waals surface area contributed by atoms with Gasteiger partial charge < -0.3 is 0 Å². The molecule has 1 N–H and O–H groups in total. The van der Waals surface area contributed by atoms with Gasteiger partial charge in [0.2, 0.25) is 0 Å². The van der Waals surface area contributed by atoms with Gasteiger partial charge in [-0.1, -0.05) is 37.1 Å². The van der Waals surface area contributed by atoms with Gasteiger partial charge in [-0.25, -0.2) is 19.3 Å². The van der Waals surface area contributed by atoms with Crippen LogP contribution in [0.15, 0.2) is 35.3 Å². The molecule has 0 aliphatic heterocycles. The number of hydrogen-bond donors (Lipinski definition) is 1. The minimum Gasteiger partial charge on any atom is -0.246 e. The van der Waals surface area contributed by atoms with Gasteiger partial charge >= 0.3 is 5.69 Å². The van der Waals surface area contributed by atoms with E-state index in [4.69, 9.17) is 0 Å². The van der Waals surface area contributed by atoms with Gasteiger partial charge in [0.1, 0.15) is 5.82 Å². The highest BCUT2D eigenvalue weighted by molar-refractivity contribution is 5.65. The molecule has 0 amide bonds. The van der Waals surface area contributed by atoms with Gasteiger partial charge in [-0.2, -0.15) is 5.10 Å². The van der Waals surface area contributed by atoms with Crippen LogP contribution in [0.5, 0.6) is 0 Å². The monoisotopic (exact) mass is 268 g/mol. The molecule has 2 heterocycles. The fourth-order valence-electron chi connectivity index (χ4n) is 2.41. The minimum atomic E-state index is -0.256. The van der Waals surface area contributed by atoms with Gasteiger partial charge in [-0.05, 0) is 19.4 Å². The average Bonchev–Trinajstić information content (AvgIpc) is 2.80. The number of nitrogens with zero attached hydrogens (tertiary/aromatic N) is 3. The molecule has 0 fully saturated rings. The fourth-order valence-corrected chi connectivity index (χ4v) is 2.41. The van der Waals surface area contributed by atoms with E-state index in [0.717, 1.165) is 35.2 Å². The second-order valence-corrected chi connectivity index (χ2v) is 4.90. The quantitative estimate of drug-likeness (QED) is 0.793. The van der Waals surface area contributed by atoms with Crippen LogP contribution in [-0.4, -0.2) is 19.6 Å². The molecule has 102 valence electrons. The number of aromatic amines is 1. The van der Waals surface area contributed by atoms with Crippen molar-refractivity contribution in [2.24, 2.45) is 0 Å². The highest BCUT2D eigenvalue weighted by Crippen LogP contribution is 2.22. The predicted octanol–water partition coefficient (Wildman–Crippen LogP) is 2.35. The van der Waals surface area contributed by atoms with E-state index >= 15 is 0 Å². The summed E-state index contributed by atoms with van der Waals surface area (Å²) in [6, 6.07) is 8.00. The number of imidazole rings is 1. The highest BCUT2D eigenvalue weighted by Gasteiger charge is 2.14. The number of hydrogen-bond acceptors (Lipinski definition) is 3. The van der Waals surface area contributed by atoms with E-state index in [1.165, 1.54) is 0 Å². The number of nitrogens with one attached hydrogen (secondary N) is 1. The smallest absolute Gasteiger partial charge is 0.246 e. The number of H-pyrrole nitrogens is 1. The van der Waals surface area contributed by atoms with Gasteiger partial charge in [-0.3, -0.25) is 0 Å². The Morgan fingerprint density at radius 1 is 1.35 bits per heavy atom.